The van der Waals surface area contributed by atoms with Gasteiger partial charge in [0.2, 0.25) is 6.41 Å². The van der Waals surface area contributed by atoms with Crippen molar-refractivity contribution in [3.8, 4) is 16.9 Å². The number of hydrogen-bond donors (Lipinski definition) is 2. The van der Waals surface area contributed by atoms with Gasteiger partial charge in [-0.1, -0.05) is 48.5 Å². The molecule has 1 unspecified atom stereocenters. The minimum atomic E-state index is -0.642. The standard InChI is InChI=1S/C23H22FN3O2/c1-27(15-28)23(25)26-22(16-7-4-3-5-8-16)20-14-18(11-12-21(20)24)17-9-6-10-19(13-17)29-2/h3-15,22H,1-2H3,(H2,25,26). The summed E-state index contributed by atoms with van der Waals surface area (Å²) in [5.74, 6) is 0.181. The average molecular weight is 391 g/mol. The highest BCUT2D eigenvalue weighted by Crippen LogP contribution is 2.30. The van der Waals surface area contributed by atoms with Gasteiger partial charge in [-0.15, -0.1) is 0 Å². The van der Waals surface area contributed by atoms with Crippen LogP contribution in [0.5, 0.6) is 5.75 Å². The van der Waals surface area contributed by atoms with Crippen molar-refractivity contribution in [3.63, 3.8) is 0 Å². The number of rotatable bonds is 6. The topological polar surface area (TPSA) is 65.4 Å². The van der Waals surface area contributed by atoms with Gasteiger partial charge in [0.25, 0.3) is 0 Å². The van der Waals surface area contributed by atoms with E-state index in [1.54, 1.807) is 19.2 Å². The van der Waals surface area contributed by atoms with Crippen molar-refractivity contribution in [2.24, 2.45) is 0 Å². The third kappa shape index (κ3) is 4.60. The van der Waals surface area contributed by atoms with E-state index in [-0.39, 0.29) is 5.96 Å². The summed E-state index contributed by atoms with van der Waals surface area (Å²) < 4.78 is 20.2. The second kappa shape index (κ2) is 9.01. The van der Waals surface area contributed by atoms with Gasteiger partial charge < -0.3 is 10.1 Å². The molecule has 0 saturated heterocycles. The van der Waals surface area contributed by atoms with Crippen LogP contribution in [0.15, 0.2) is 72.8 Å². The normalized spacial score (nSPS) is 11.4. The van der Waals surface area contributed by atoms with Crippen LogP contribution in [0.4, 0.5) is 4.39 Å². The van der Waals surface area contributed by atoms with Crippen LogP contribution < -0.4 is 10.1 Å². The van der Waals surface area contributed by atoms with E-state index < -0.39 is 11.9 Å². The molecule has 2 N–H and O–H groups in total. The summed E-state index contributed by atoms with van der Waals surface area (Å²) in [4.78, 5) is 12.1. The molecule has 1 atom stereocenters. The molecular weight excluding hydrogens is 369 g/mol. The molecule has 5 nitrogen and oxygen atoms in total. The fourth-order valence-electron chi connectivity index (χ4n) is 3.02. The summed E-state index contributed by atoms with van der Waals surface area (Å²) in [7, 11) is 3.06. The maximum atomic E-state index is 14.9. The van der Waals surface area contributed by atoms with Crippen molar-refractivity contribution in [3.05, 3.63) is 89.7 Å². The maximum Gasteiger partial charge on any atom is 0.216 e. The molecule has 0 saturated carbocycles. The fraction of sp³-hybridized carbons (Fsp3) is 0.130. The average Bonchev–Trinajstić information content (AvgIpc) is 2.77. The smallest absolute Gasteiger partial charge is 0.216 e. The molecule has 0 heterocycles. The zero-order valence-electron chi connectivity index (χ0n) is 16.2. The molecule has 0 fully saturated rings. The van der Waals surface area contributed by atoms with E-state index in [0.29, 0.717) is 17.7 Å². The van der Waals surface area contributed by atoms with E-state index in [2.05, 4.69) is 5.32 Å². The maximum absolute atomic E-state index is 14.9. The van der Waals surface area contributed by atoms with Gasteiger partial charge in [0, 0.05) is 12.6 Å². The van der Waals surface area contributed by atoms with Gasteiger partial charge in [-0.2, -0.15) is 0 Å². The Balaban J connectivity index is 2.07. The molecular formula is C23H22FN3O2. The minimum absolute atomic E-state index is 0.125. The molecule has 6 heteroatoms. The first kappa shape index (κ1) is 20.1. The highest BCUT2D eigenvalue weighted by Gasteiger charge is 2.21. The van der Waals surface area contributed by atoms with E-state index in [4.69, 9.17) is 10.1 Å². The molecule has 0 radical (unpaired) electrons. The van der Waals surface area contributed by atoms with Crippen LogP contribution in [0.25, 0.3) is 11.1 Å². The van der Waals surface area contributed by atoms with E-state index >= 15 is 0 Å². The highest BCUT2D eigenvalue weighted by molar-refractivity contribution is 5.86. The Bertz CT molecular complexity index is 1010. The molecule has 0 aromatic heterocycles. The van der Waals surface area contributed by atoms with Gasteiger partial charge in [-0.3, -0.25) is 15.1 Å². The number of carbonyl (C=O) groups is 1. The Kier molecular flexibility index (Phi) is 6.24. The van der Waals surface area contributed by atoms with Gasteiger partial charge >= 0.3 is 0 Å². The van der Waals surface area contributed by atoms with Gasteiger partial charge in [0.1, 0.15) is 11.6 Å². The monoisotopic (exact) mass is 391 g/mol. The molecule has 3 aromatic rings. The number of amides is 1. The Morgan fingerprint density at radius 1 is 1.07 bits per heavy atom. The third-order valence-corrected chi connectivity index (χ3v) is 4.63. The van der Waals surface area contributed by atoms with E-state index in [0.717, 1.165) is 21.6 Å². The number of nitrogens with zero attached hydrogens (tertiary/aromatic N) is 1. The van der Waals surface area contributed by atoms with Crippen molar-refractivity contribution < 1.29 is 13.9 Å². The summed E-state index contributed by atoms with van der Waals surface area (Å²) in [6, 6.07) is 21.0. The molecule has 148 valence electrons. The lowest BCUT2D eigenvalue weighted by Crippen LogP contribution is -2.39. The van der Waals surface area contributed by atoms with Gasteiger partial charge in [0.15, 0.2) is 5.96 Å². The van der Waals surface area contributed by atoms with Crippen LogP contribution in [0.3, 0.4) is 0 Å². The lowest BCUT2D eigenvalue weighted by atomic mass is 9.94. The SMILES string of the molecule is COc1cccc(-c2ccc(F)c(C(NC(=N)N(C)C=O)c3ccccc3)c2)c1. The van der Waals surface area contributed by atoms with Gasteiger partial charge in [-0.05, 0) is 41.0 Å². The molecule has 3 aromatic carbocycles. The predicted octanol–water partition coefficient (Wildman–Crippen LogP) is 4.20. The largest absolute Gasteiger partial charge is 0.497 e. The number of benzene rings is 3. The summed E-state index contributed by atoms with van der Waals surface area (Å²) in [6.45, 7) is 0. The van der Waals surface area contributed by atoms with Crippen LogP contribution >= 0.6 is 0 Å². The van der Waals surface area contributed by atoms with E-state index in [1.807, 2.05) is 54.6 Å². The third-order valence-electron chi connectivity index (χ3n) is 4.63. The Morgan fingerprint density at radius 2 is 1.79 bits per heavy atom. The Labute approximate surface area is 169 Å². The van der Waals surface area contributed by atoms with E-state index in [1.165, 1.54) is 13.1 Å². The van der Waals surface area contributed by atoms with Crippen molar-refractivity contribution in [2.45, 2.75) is 6.04 Å². The number of hydrogen-bond acceptors (Lipinski definition) is 3. The second-order valence-electron chi connectivity index (χ2n) is 6.52. The lowest BCUT2D eigenvalue weighted by molar-refractivity contribution is -0.114. The summed E-state index contributed by atoms with van der Waals surface area (Å²) >= 11 is 0. The van der Waals surface area contributed by atoms with Gasteiger partial charge in [0.05, 0.1) is 13.2 Å². The number of methoxy groups -OCH3 is 1. The van der Waals surface area contributed by atoms with Crippen LogP contribution in [0.2, 0.25) is 0 Å². The molecule has 1 amide bonds. The van der Waals surface area contributed by atoms with Crippen LogP contribution in [0, 0.1) is 11.2 Å². The Morgan fingerprint density at radius 3 is 2.48 bits per heavy atom. The molecule has 29 heavy (non-hydrogen) atoms. The molecule has 3 rings (SSSR count). The van der Waals surface area contributed by atoms with Crippen molar-refractivity contribution in [2.75, 3.05) is 14.2 Å². The zero-order valence-corrected chi connectivity index (χ0v) is 16.2. The molecule has 0 bridgehead atoms. The number of nitrogens with one attached hydrogen (secondary N) is 2. The summed E-state index contributed by atoms with van der Waals surface area (Å²) in [6.07, 6.45) is 0.528. The molecule has 0 aliphatic heterocycles. The quantitative estimate of drug-likeness (QED) is 0.376. The first-order valence-corrected chi connectivity index (χ1v) is 9.05. The molecule has 0 aliphatic rings. The number of carbonyl (C=O) groups excluding carboxylic acids is 1. The second-order valence-corrected chi connectivity index (χ2v) is 6.52. The van der Waals surface area contributed by atoms with Crippen LogP contribution in [-0.2, 0) is 4.79 Å². The summed E-state index contributed by atoms with van der Waals surface area (Å²) in [5.41, 5.74) is 2.86. The molecule has 0 aliphatic carbocycles. The fourth-order valence-corrected chi connectivity index (χ4v) is 3.02. The highest BCUT2D eigenvalue weighted by atomic mass is 19.1. The zero-order chi connectivity index (χ0) is 20.8. The van der Waals surface area contributed by atoms with Crippen LogP contribution in [-0.4, -0.2) is 31.4 Å². The first-order chi connectivity index (χ1) is 14.0. The number of guanidine groups is 1. The number of halogens is 1. The van der Waals surface area contributed by atoms with E-state index in [9.17, 15) is 9.18 Å². The predicted molar refractivity (Wildman–Crippen MR) is 111 cm³/mol. The van der Waals surface area contributed by atoms with Crippen LogP contribution in [0.1, 0.15) is 17.2 Å². The summed E-state index contributed by atoms with van der Waals surface area (Å²) in [5, 5.41) is 11.1. The Hall–Kier alpha value is -3.67. The molecule has 0 spiro atoms. The van der Waals surface area contributed by atoms with Crippen molar-refractivity contribution in [1.82, 2.24) is 10.2 Å². The minimum Gasteiger partial charge on any atom is -0.497 e. The number of ether oxygens (including phenoxy) is 1. The first-order valence-electron chi connectivity index (χ1n) is 9.05. The van der Waals surface area contributed by atoms with Gasteiger partial charge in [-0.25, -0.2) is 4.39 Å². The van der Waals surface area contributed by atoms with Crippen molar-refractivity contribution in [1.29, 1.82) is 5.41 Å². The lowest BCUT2D eigenvalue weighted by Gasteiger charge is -2.24. The van der Waals surface area contributed by atoms with Crippen molar-refractivity contribution >= 4 is 12.4 Å².